The van der Waals surface area contributed by atoms with Crippen molar-refractivity contribution in [2.75, 3.05) is 13.2 Å². The van der Waals surface area contributed by atoms with Crippen LogP contribution in [0.5, 0.6) is 0 Å². The molecule has 0 bridgehead atoms. The van der Waals surface area contributed by atoms with Gasteiger partial charge in [0.15, 0.2) is 11.6 Å². The molecule has 1 saturated heterocycles. The maximum absolute atomic E-state index is 14.4. The van der Waals surface area contributed by atoms with Crippen LogP contribution in [0.2, 0.25) is 0 Å². The smallest absolute Gasteiger partial charge is 0.408 e. The van der Waals surface area contributed by atoms with Crippen molar-refractivity contribution in [1.29, 1.82) is 0 Å². The number of hydrogen-bond acceptors (Lipinski definition) is 4. The van der Waals surface area contributed by atoms with Gasteiger partial charge in [-0.2, -0.15) is 0 Å². The third kappa shape index (κ3) is 3.52. The summed E-state index contributed by atoms with van der Waals surface area (Å²) in [6.07, 6.45) is -1.24. The summed E-state index contributed by atoms with van der Waals surface area (Å²) in [4.78, 5) is 12.3. The number of rotatable bonds is 3. The minimum atomic E-state index is -1.41. The highest BCUT2D eigenvalue weighted by Gasteiger charge is 2.52. The van der Waals surface area contributed by atoms with Crippen LogP contribution in [-0.4, -0.2) is 36.1 Å². The first kappa shape index (κ1) is 18.6. The maximum Gasteiger partial charge on any atom is 0.408 e. The lowest BCUT2D eigenvalue weighted by Crippen LogP contribution is -2.54. The normalized spacial score (nSPS) is 27.1. The van der Waals surface area contributed by atoms with Crippen molar-refractivity contribution in [1.82, 2.24) is 5.32 Å². The second kappa shape index (κ2) is 6.64. The van der Waals surface area contributed by atoms with E-state index in [-0.39, 0.29) is 18.8 Å². The summed E-state index contributed by atoms with van der Waals surface area (Å²) >= 11 is 0. The van der Waals surface area contributed by atoms with Gasteiger partial charge in [0.05, 0.1) is 19.3 Å². The number of halogens is 2. The van der Waals surface area contributed by atoms with Crippen LogP contribution >= 0.6 is 0 Å². The molecule has 3 atom stereocenters. The van der Waals surface area contributed by atoms with Crippen LogP contribution in [0.3, 0.4) is 0 Å². The van der Waals surface area contributed by atoms with Gasteiger partial charge >= 0.3 is 6.09 Å². The fraction of sp³-hybridized carbons (Fsp3) is 0.588. The third-order valence-corrected chi connectivity index (χ3v) is 4.13. The molecule has 2 N–H and O–H groups in total. The van der Waals surface area contributed by atoms with E-state index in [9.17, 15) is 18.7 Å². The third-order valence-electron chi connectivity index (χ3n) is 4.13. The lowest BCUT2D eigenvalue weighted by molar-refractivity contribution is 0.0389. The average Bonchev–Trinajstić information content (AvgIpc) is 2.76. The number of carbonyl (C=O) groups is 1. The van der Waals surface area contributed by atoms with Crippen molar-refractivity contribution in [3.8, 4) is 0 Å². The topological polar surface area (TPSA) is 67.8 Å². The molecule has 0 spiro atoms. The minimum absolute atomic E-state index is 0.0724. The Kier molecular flexibility index (Phi) is 5.15. The summed E-state index contributed by atoms with van der Waals surface area (Å²) in [5.74, 6) is -2.76. The van der Waals surface area contributed by atoms with Crippen LogP contribution in [0.25, 0.3) is 0 Å². The van der Waals surface area contributed by atoms with E-state index in [1.165, 1.54) is 12.1 Å². The number of carbonyl (C=O) groups excluding carboxylic acids is 1. The van der Waals surface area contributed by atoms with E-state index < -0.39 is 40.9 Å². The van der Waals surface area contributed by atoms with Gasteiger partial charge in [-0.05, 0) is 33.8 Å². The Labute approximate surface area is 140 Å². The second-order valence-electron chi connectivity index (χ2n) is 7.00. The van der Waals surface area contributed by atoms with Gasteiger partial charge in [0, 0.05) is 11.5 Å². The fourth-order valence-corrected chi connectivity index (χ4v) is 3.00. The van der Waals surface area contributed by atoms with Gasteiger partial charge in [0.1, 0.15) is 11.1 Å². The maximum atomic E-state index is 14.4. The molecule has 0 aliphatic carbocycles. The van der Waals surface area contributed by atoms with Crippen LogP contribution in [0.1, 0.15) is 33.3 Å². The number of alkyl carbamates (subject to hydrolysis) is 1. The Bertz CT molecular complexity index is 617. The molecule has 0 saturated carbocycles. The van der Waals surface area contributed by atoms with Crippen molar-refractivity contribution in [2.24, 2.45) is 5.92 Å². The predicted molar refractivity (Wildman–Crippen MR) is 83.4 cm³/mol. The van der Waals surface area contributed by atoms with Gasteiger partial charge in [-0.15, -0.1) is 0 Å². The van der Waals surface area contributed by atoms with Gasteiger partial charge in [0.2, 0.25) is 0 Å². The Hall–Kier alpha value is -1.73. The lowest BCUT2D eigenvalue weighted by atomic mass is 9.78. The number of nitrogens with one attached hydrogen (secondary N) is 1. The first-order chi connectivity index (χ1) is 11.1. The van der Waals surface area contributed by atoms with E-state index in [0.29, 0.717) is 0 Å². The first-order valence-electron chi connectivity index (χ1n) is 7.79. The monoisotopic (exact) mass is 343 g/mol. The predicted octanol–water partition coefficient (Wildman–Crippen LogP) is 2.71. The zero-order chi connectivity index (χ0) is 18.1. The molecule has 1 aliphatic heterocycles. The molecule has 1 aromatic rings. The summed E-state index contributed by atoms with van der Waals surface area (Å²) in [6.45, 7) is 6.32. The summed E-state index contributed by atoms with van der Waals surface area (Å²) in [5.41, 5.74) is -2.24. The number of amides is 1. The summed E-state index contributed by atoms with van der Waals surface area (Å²) in [7, 11) is 0. The Morgan fingerprint density at radius 3 is 2.71 bits per heavy atom. The molecule has 1 heterocycles. The van der Waals surface area contributed by atoms with Crippen LogP contribution in [0.15, 0.2) is 18.2 Å². The Morgan fingerprint density at radius 2 is 2.12 bits per heavy atom. The molecule has 2 rings (SSSR count). The number of benzene rings is 1. The molecule has 1 aromatic carbocycles. The van der Waals surface area contributed by atoms with E-state index in [4.69, 9.17) is 9.47 Å². The van der Waals surface area contributed by atoms with Gasteiger partial charge < -0.3 is 19.9 Å². The quantitative estimate of drug-likeness (QED) is 0.885. The molecule has 7 heteroatoms. The molecule has 1 aliphatic rings. The van der Waals surface area contributed by atoms with Crippen molar-refractivity contribution >= 4 is 6.09 Å². The molecule has 0 aromatic heterocycles. The van der Waals surface area contributed by atoms with Crippen molar-refractivity contribution in [2.45, 2.75) is 44.9 Å². The SMILES string of the molecule is C[C@H]1OC[C@@](NC(=O)OC(C)(C)C)(c2cccc(F)c2F)[C@@H]1CO. The zero-order valence-electron chi connectivity index (χ0n) is 14.2. The molecule has 1 fully saturated rings. The van der Waals surface area contributed by atoms with Crippen LogP contribution in [0, 0.1) is 17.6 Å². The Morgan fingerprint density at radius 1 is 1.46 bits per heavy atom. The molecule has 1 amide bonds. The average molecular weight is 343 g/mol. The zero-order valence-corrected chi connectivity index (χ0v) is 14.2. The number of aliphatic hydroxyl groups is 1. The van der Waals surface area contributed by atoms with E-state index in [1.807, 2.05) is 0 Å². The van der Waals surface area contributed by atoms with E-state index in [1.54, 1.807) is 27.7 Å². The number of hydrogen-bond donors (Lipinski definition) is 2. The highest BCUT2D eigenvalue weighted by Crippen LogP contribution is 2.41. The second-order valence-corrected chi connectivity index (χ2v) is 7.00. The molecule has 134 valence electrons. The molecule has 0 unspecified atom stereocenters. The fourth-order valence-electron chi connectivity index (χ4n) is 3.00. The standard InChI is InChI=1S/C17H23F2NO4/c1-10-12(8-21)17(9-23-10,20-15(22)24-16(2,3)4)11-6-5-7-13(18)14(11)19/h5-7,10,12,21H,8-9H2,1-4H3,(H,20,22)/t10-,12-,17-/m1/s1. The number of aliphatic hydroxyl groups excluding tert-OH is 1. The summed E-state index contributed by atoms with van der Waals surface area (Å²) < 4.78 is 38.9. The van der Waals surface area contributed by atoms with Gasteiger partial charge in [0.25, 0.3) is 0 Å². The molecular weight excluding hydrogens is 320 g/mol. The van der Waals surface area contributed by atoms with Crippen LogP contribution < -0.4 is 5.32 Å². The van der Waals surface area contributed by atoms with Gasteiger partial charge in [-0.25, -0.2) is 13.6 Å². The van der Waals surface area contributed by atoms with Gasteiger partial charge in [-0.3, -0.25) is 0 Å². The van der Waals surface area contributed by atoms with Crippen molar-refractivity contribution in [3.63, 3.8) is 0 Å². The lowest BCUT2D eigenvalue weighted by Gasteiger charge is -2.36. The molecule has 24 heavy (non-hydrogen) atoms. The highest BCUT2D eigenvalue weighted by atomic mass is 19.2. The van der Waals surface area contributed by atoms with Crippen molar-refractivity contribution < 1.29 is 28.2 Å². The number of ether oxygens (including phenoxy) is 2. The molecule has 5 nitrogen and oxygen atoms in total. The highest BCUT2D eigenvalue weighted by molar-refractivity contribution is 5.69. The minimum Gasteiger partial charge on any atom is -0.444 e. The molecule has 0 radical (unpaired) electrons. The van der Waals surface area contributed by atoms with Crippen molar-refractivity contribution in [3.05, 3.63) is 35.4 Å². The molecular formula is C17H23F2NO4. The van der Waals surface area contributed by atoms with Crippen LogP contribution in [-0.2, 0) is 15.0 Å². The van der Waals surface area contributed by atoms with E-state index in [0.717, 1.165) is 6.07 Å². The largest absolute Gasteiger partial charge is 0.444 e. The Balaban J connectivity index is 2.47. The summed E-state index contributed by atoms with van der Waals surface area (Å²) in [6, 6.07) is 3.72. The van der Waals surface area contributed by atoms with E-state index >= 15 is 0 Å². The first-order valence-corrected chi connectivity index (χ1v) is 7.79. The van der Waals surface area contributed by atoms with Gasteiger partial charge in [-0.1, -0.05) is 12.1 Å². The van der Waals surface area contributed by atoms with Crippen LogP contribution in [0.4, 0.5) is 13.6 Å². The summed E-state index contributed by atoms with van der Waals surface area (Å²) in [5, 5.41) is 12.4. The van der Waals surface area contributed by atoms with E-state index in [2.05, 4.69) is 5.32 Å².